The Labute approximate surface area is 229 Å². The van der Waals surface area contributed by atoms with Gasteiger partial charge >= 0.3 is 6.09 Å². The highest BCUT2D eigenvalue weighted by atomic mass is 16.6. The van der Waals surface area contributed by atoms with Crippen LogP contribution in [0.2, 0.25) is 0 Å². The summed E-state index contributed by atoms with van der Waals surface area (Å²) in [7, 11) is 0. The fraction of sp³-hybridized carbons (Fsp3) is 0.367. The highest BCUT2D eigenvalue weighted by molar-refractivity contribution is 6.04. The zero-order valence-corrected chi connectivity index (χ0v) is 22.1. The summed E-state index contributed by atoms with van der Waals surface area (Å²) in [4.78, 5) is 36.1. The van der Waals surface area contributed by atoms with E-state index in [0.717, 1.165) is 64.6 Å². The Morgan fingerprint density at radius 1 is 0.846 bits per heavy atom. The number of nitrogens with zero attached hydrogens (tertiary/aromatic N) is 4. The van der Waals surface area contributed by atoms with Crippen LogP contribution < -0.4 is 10.1 Å². The molecule has 0 bridgehead atoms. The van der Waals surface area contributed by atoms with E-state index in [9.17, 15) is 9.59 Å². The van der Waals surface area contributed by atoms with Gasteiger partial charge in [0.2, 0.25) is 0 Å². The molecule has 1 N–H and O–H groups in total. The van der Waals surface area contributed by atoms with Gasteiger partial charge in [0.15, 0.2) is 0 Å². The van der Waals surface area contributed by atoms with Crippen molar-refractivity contribution in [2.24, 2.45) is 0 Å². The van der Waals surface area contributed by atoms with Crippen molar-refractivity contribution in [1.29, 1.82) is 0 Å². The Hall–Kier alpha value is -3.79. The van der Waals surface area contributed by atoms with Crippen molar-refractivity contribution in [1.82, 2.24) is 19.7 Å². The maximum Gasteiger partial charge on any atom is 0.415 e. The first-order valence-electron chi connectivity index (χ1n) is 13.5. The summed E-state index contributed by atoms with van der Waals surface area (Å²) < 4.78 is 11.0. The van der Waals surface area contributed by atoms with Gasteiger partial charge in [-0.15, -0.1) is 0 Å². The molecule has 3 heterocycles. The maximum absolute atomic E-state index is 12.7. The van der Waals surface area contributed by atoms with Gasteiger partial charge in [-0.3, -0.25) is 19.6 Å². The molecule has 39 heavy (non-hydrogen) atoms. The van der Waals surface area contributed by atoms with Crippen molar-refractivity contribution >= 4 is 17.7 Å². The van der Waals surface area contributed by atoms with Crippen molar-refractivity contribution in [2.75, 3.05) is 64.3 Å². The van der Waals surface area contributed by atoms with Gasteiger partial charge in [-0.2, -0.15) is 0 Å². The average molecular weight is 530 g/mol. The van der Waals surface area contributed by atoms with Crippen molar-refractivity contribution in [3.63, 3.8) is 0 Å². The monoisotopic (exact) mass is 529 g/mol. The summed E-state index contributed by atoms with van der Waals surface area (Å²) in [5.74, 6) is 0.265. The van der Waals surface area contributed by atoms with Crippen LogP contribution in [-0.4, -0.2) is 90.7 Å². The Balaban J connectivity index is 1.04. The van der Waals surface area contributed by atoms with Gasteiger partial charge in [0, 0.05) is 81.9 Å². The van der Waals surface area contributed by atoms with Crippen LogP contribution in [0.25, 0.3) is 0 Å². The smallest absolute Gasteiger partial charge is 0.410 e. The first kappa shape index (κ1) is 26.8. The molecule has 0 aliphatic carbocycles. The summed E-state index contributed by atoms with van der Waals surface area (Å²) in [6.45, 7) is 8.03. The van der Waals surface area contributed by atoms with Crippen molar-refractivity contribution in [2.45, 2.75) is 13.0 Å². The first-order chi connectivity index (χ1) is 19.1. The van der Waals surface area contributed by atoms with Crippen LogP contribution in [0.4, 0.5) is 10.5 Å². The lowest BCUT2D eigenvalue weighted by Gasteiger charge is -2.33. The number of aromatic nitrogens is 1. The molecule has 0 saturated carbocycles. The molecule has 1 aromatic heterocycles. The van der Waals surface area contributed by atoms with E-state index in [1.807, 2.05) is 48.7 Å². The number of benzene rings is 2. The van der Waals surface area contributed by atoms with Crippen LogP contribution in [0.1, 0.15) is 21.6 Å². The second-order valence-corrected chi connectivity index (χ2v) is 9.83. The number of anilines is 1. The largest absolute Gasteiger partial charge is 0.415 e. The molecule has 0 radical (unpaired) electrons. The number of ether oxygens (including phenoxy) is 2. The van der Waals surface area contributed by atoms with Gasteiger partial charge in [-0.1, -0.05) is 18.2 Å². The molecule has 0 atom stereocenters. The number of piperazine rings is 1. The van der Waals surface area contributed by atoms with E-state index in [-0.39, 0.29) is 12.0 Å². The van der Waals surface area contributed by atoms with E-state index in [1.165, 1.54) is 5.56 Å². The second-order valence-electron chi connectivity index (χ2n) is 9.83. The lowest BCUT2D eigenvalue weighted by Crippen LogP contribution is -2.49. The molecule has 204 valence electrons. The highest BCUT2D eigenvalue weighted by Crippen LogP contribution is 2.18. The predicted molar refractivity (Wildman–Crippen MR) is 149 cm³/mol. The van der Waals surface area contributed by atoms with Gasteiger partial charge in [0.25, 0.3) is 5.91 Å². The minimum Gasteiger partial charge on any atom is -0.410 e. The Kier molecular flexibility index (Phi) is 9.16. The number of nitrogens with one attached hydrogen (secondary N) is 1. The lowest BCUT2D eigenvalue weighted by atomic mass is 10.1. The minimum absolute atomic E-state index is 0.182. The number of pyridine rings is 1. The van der Waals surface area contributed by atoms with Crippen LogP contribution in [0.5, 0.6) is 5.75 Å². The molecule has 2 saturated heterocycles. The number of carbonyl (C=O) groups excluding carboxylic acids is 2. The zero-order chi connectivity index (χ0) is 26.9. The molecule has 5 rings (SSSR count). The molecular formula is C30H35N5O4. The average Bonchev–Trinajstić information content (AvgIpc) is 2.99. The van der Waals surface area contributed by atoms with E-state index in [2.05, 4.69) is 20.1 Å². The van der Waals surface area contributed by atoms with E-state index in [1.54, 1.807) is 29.2 Å². The van der Waals surface area contributed by atoms with E-state index >= 15 is 0 Å². The quantitative estimate of drug-likeness (QED) is 0.478. The Bertz CT molecular complexity index is 1210. The number of rotatable bonds is 8. The predicted octanol–water partition coefficient (Wildman–Crippen LogP) is 3.53. The minimum atomic E-state index is -0.353. The van der Waals surface area contributed by atoms with Gasteiger partial charge < -0.3 is 19.7 Å². The molecule has 2 amide bonds. The van der Waals surface area contributed by atoms with Crippen LogP contribution in [0.3, 0.4) is 0 Å². The SMILES string of the molecule is O=C(Nc1ccc(OC(=O)N2CCN(CCc3ccccn3)CC2)cc1)c1ccc(CN2CCOCC2)cc1. The standard InChI is InChI=1S/C30H35N5O4/c36-29(25-6-4-24(5-7-25)23-34-19-21-38-22-20-34)32-27-8-10-28(11-9-27)39-30(37)35-17-15-33(16-18-35)14-12-26-3-1-2-13-31-26/h1-11,13H,12,14-23H2,(H,32,36). The fourth-order valence-corrected chi connectivity index (χ4v) is 4.73. The summed E-state index contributed by atoms with van der Waals surface area (Å²) in [5, 5.41) is 2.90. The summed E-state index contributed by atoms with van der Waals surface area (Å²) in [6.07, 6.45) is 2.36. The van der Waals surface area contributed by atoms with E-state index in [4.69, 9.17) is 9.47 Å². The summed E-state index contributed by atoms with van der Waals surface area (Å²) in [6, 6.07) is 20.5. The molecule has 0 unspecified atom stereocenters. The van der Waals surface area contributed by atoms with Gasteiger partial charge in [0.1, 0.15) is 5.75 Å². The van der Waals surface area contributed by atoms with Crippen molar-refractivity contribution < 1.29 is 19.1 Å². The van der Waals surface area contributed by atoms with E-state index < -0.39 is 0 Å². The highest BCUT2D eigenvalue weighted by Gasteiger charge is 2.22. The lowest BCUT2D eigenvalue weighted by molar-refractivity contribution is 0.0342. The number of morpholine rings is 1. The maximum atomic E-state index is 12.7. The number of hydrogen-bond donors (Lipinski definition) is 1. The Morgan fingerprint density at radius 2 is 1.59 bits per heavy atom. The zero-order valence-electron chi connectivity index (χ0n) is 22.1. The fourth-order valence-electron chi connectivity index (χ4n) is 4.73. The molecule has 9 heteroatoms. The molecule has 3 aromatic rings. The molecule has 2 aliphatic heterocycles. The summed E-state index contributed by atoms with van der Waals surface area (Å²) >= 11 is 0. The number of amides is 2. The van der Waals surface area contributed by atoms with Gasteiger partial charge in [-0.25, -0.2) is 4.79 Å². The molecule has 0 spiro atoms. The van der Waals surface area contributed by atoms with Crippen molar-refractivity contribution in [3.8, 4) is 5.75 Å². The topological polar surface area (TPSA) is 87.2 Å². The van der Waals surface area contributed by atoms with Crippen LogP contribution >= 0.6 is 0 Å². The third-order valence-electron chi connectivity index (χ3n) is 7.08. The van der Waals surface area contributed by atoms with E-state index in [0.29, 0.717) is 30.1 Å². The second kappa shape index (κ2) is 13.3. The van der Waals surface area contributed by atoms with Gasteiger partial charge in [0.05, 0.1) is 13.2 Å². The summed E-state index contributed by atoms with van der Waals surface area (Å²) in [5.41, 5.74) is 3.48. The van der Waals surface area contributed by atoms with Crippen LogP contribution in [0, 0.1) is 0 Å². The van der Waals surface area contributed by atoms with Crippen molar-refractivity contribution in [3.05, 3.63) is 89.7 Å². The molecule has 2 fully saturated rings. The number of hydrogen-bond acceptors (Lipinski definition) is 7. The third-order valence-corrected chi connectivity index (χ3v) is 7.08. The van der Waals surface area contributed by atoms with Gasteiger partial charge in [-0.05, 0) is 54.1 Å². The molecule has 2 aliphatic rings. The first-order valence-corrected chi connectivity index (χ1v) is 13.5. The Morgan fingerprint density at radius 3 is 2.28 bits per heavy atom. The number of carbonyl (C=O) groups is 2. The molecule has 9 nitrogen and oxygen atoms in total. The van der Waals surface area contributed by atoms with Crippen LogP contribution in [0.15, 0.2) is 72.9 Å². The van der Waals surface area contributed by atoms with Crippen LogP contribution in [-0.2, 0) is 17.7 Å². The molecular weight excluding hydrogens is 494 g/mol. The normalized spacial score (nSPS) is 16.6. The molecule has 2 aromatic carbocycles. The third kappa shape index (κ3) is 7.86.